The molecule has 2 heterocycles. The highest BCUT2D eigenvalue weighted by Gasteiger charge is 2.06. The molecule has 2 aromatic heterocycles. The molecule has 0 aliphatic carbocycles. The van der Waals surface area contributed by atoms with E-state index >= 15 is 0 Å². The summed E-state index contributed by atoms with van der Waals surface area (Å²) >= 11 is 1.76. The van der Waals surface area contributed by atoms with Crippen molar-refractivity contribution in [3.05, 3.63) is 28.8 Å². The second-order valence-electron chi connectivity index (χ2n) is 4.06. The van der Waals surface area contributed by atoms with Gasteiger partial charge in [0.05, 0.1) is 10.6 Å². The molecule has 1 N–H and O–H groups in total. The topological polar surface area (TPSA) is 37.8 Å². The van der Waals surface area contributed by atoms with Gasteiger partial charge in [0, 0.05) is 17.1 Å². The molecule has 0 spiro atoms. The highest BCUT2D eigenvalue weighted by molar-refractivity contribution is 7.15. The number of anilines is 1. The normalized spacial score (nSPS) is 10.5. The van der Waals surface area contributed by atoms with E-state index in [9.17, 15) is 0 Å². The maximum atomic E-state index is 4.54. The van der Waals surface area contributed by atoms with Crippen LogP contribution in [0, 0.1) is 13.8 Å². The van der Waals surface area contributed by atoms with E-state index in [-0.39, 0.29) is 0 Å². The summed E-state index contributed by atoms with van der Waals surface area (Å²) in [5.41, 5.74) is 2.01. The maximum Gasteiger partial charge on any atom is 0.223 e. The van der Waals surface area contributed by atoms with Gasteiger partial charge in [0.1, 0.15) is 0 Å². The van der Waals surface area contributed by atoms with E-state index in [1.807, 2.05) is 13.0 Å². The number of rotatable bonds is 4. The van der Waals surface area contributed by atoms with Crippen molar-refractivity contribution in [1.29, 1.82) is 0 Å². The van der Waals surface area contributed by atoms with Gasteiger partial charge < -0.3 is 5.32 Å². The Morgan fingerprint density at radius 1 is 1.24 bits per heavy atom. The van der Waals surface area contributed by atoms with Gasteiger partial charge in [-0.05, 0) is 38.5 Å². The van der Waals surface area contributed by atoms with Gasteiger partial charge in [-0.25, -0.2) is 9.97 Å². The van der Waals surface area contributed by atoms with Gasteiger partial charge in [-0.1, -0.05) is 6.92 Å². The van der Waals surface area contributed by atoms with Gasteiger partial charge in [-0.2, -0.15) is 0 Å². The largest absolute Gasteiger partial charge is 0.354 e. The molecule has 0 aromatic carbocycles. The number of aromatic nitrogens is 2. The molecular weight excluding hydrogens is 230 g/mol. The molecule has 0 atom stereocenters. The number of nitrogens with one attached hydrogen (secondary N) is 1. The van der Waals surface area contributed by atoms with E-state index in [1.54, 1.807) is 11.3 Å². The van der Waals surface area contributed by atoms with Crippen molar-refractivity contribution in [2.45, 2.75) is 27.2 Å². The first-order chi connectivity index (χ1) is 8.19. The van der Waals surface area contributed by atoms with E-state index in [0.29, 0.717) is 0 Å². The fraction of sp³-hybridized carbons (Fsp3) is 0.385. The molecule has 90 valence electrons. The number of hydrogen-bond acceptors (Lipinski definition) is 4. The first-order valence-corrected chi connectivity index (χ1v) is 6.67. The standard InChI is InChI=1S/C13H17N3S/c1-4-7-14-13-15-9(2)8-11(16-13)12-6-5-10(3)17-12/h5-6,8H,4,7H2,1-3H3,(H,14,15,16). The minimum Gasteiger partial charge on any atom is -0.354 e. The Labute approximate surface area is 106 Å². The van der Waals surface area contributed by atoms with E-state index in [2.05, 4.69) is 41.3 Å². The molecule has 0 aliphatic rings. The molecule has 0 fully saturated rings. The summed E-state index contributed by atoms with van der Waals surface area (Å²) < 4.78 is 0. The lowest BCUT2D eigenvalue weighted by Crippen LogP contribution is -2.05. The summed E-state index contributed by atoms with van der Waals surface area (Å²) in [6.07, 6.45) is 1.07. The summed E-state index contributed by atoms with van der Waals surface area (Å²) in [7, 11) is 0. The average Bonchev–Trinajstić information content (AvgIpc) is 2.72. The summed E-state index contributed by atoms with van der Waals surface area (Å²) in [5, 5.41) is 3.23. The van der Waals surface area contributed by atoms with Crippen LogP contribution in [0.1, 0.15) is 23.9 Å². The summed E-state index contributed by atoms with van der Waals surface area (Å²) in [6.45, 7) is 7.15. The zero-order valence-electron chi connectivity index (χ0n) is 10.4. The molecule has 2 aromatic rings. The molecule has 2 rings (SSSR count). The van der Waals surface area contributed by atoms with Crippen LogP contribution >= 0.6 is 11.3 Å². The van der Waals surface area contributed by atoms with Gasteiger partial charge in [0.25, 0.3) is 0 Å². The van der Waals surface area contributed by atoms with Crippen LogP contribution in [0.2, 0.25) is 0 Å². The Hall–Kier alpha value is -1.42. The van der Waals surface area contributed by atoms with E-state index in [1.165, 1.54) is 9.75 Å². The van der Waals surface area contributed by atoms with Crippen LogP contribution in [0.25, 0.3) is 10.6 Å². The minimum absolute atomic E-state index is 0.730. The lowest BCUT2D eigenvalue weighted by Gasteiger charge is -2.06. The average molecular weight is 247 g/mol. The van der Waals surface area contributed by atoms with Gasteiger partial charge >= 0.3 is 0 Å². The van der Waals surface area contributed by atoms with Gasteiger partial charge in [-0.15, -0.1) is 11.3 Å². The molecule has 0 aliphatic heterocycles. The molecule has 4 heteroatoms. The number of hydrogen-bond donors (Lipinski definition) is 1. The van der Waals surface area contributed by atoms with Crippen LogP contribution in [0.15, 0.2) is 18.2 Å². The second-order valence-corrected chi connectivity index (χ2v) is 5.34. The van der Waals surface area contributed by atoms with Crippen molar-refractivity contribution in [1.82, 2.24) is 9.97 Å². The van der Waals surface area contributed by atoms with E-state index in [4.69, 9.17) is 0 Å². The Kier molecular flexibility index (Phi) is 3.74. The fourth-order valence-electron chi connectivity index (χ4n) is 1.58. The fourth-order valence-corrected chi connectivity index (χ4v) is 2.41. The zero-order valence-corrected chi connectivity index (χ0v) is 11.3. The molecule has 0 amide bonds. The van der Waals surface area contributed by atoms with Crippen molar-refractivity contribution >= 4 is 17.3 Å². The van der Waals surface area contributed by atoms with Crippen LogP contribution in [0.4, 0.5) is 5.95 Å². The first kappa shape index (κ1) is 12.0. The van der Waals surface area contributed by atoms with Crippen LogP contribution < -0.4 is 5.32 Å². The number of aryl methyl sites for hydroxylation is 2. The molecule has 0 bridgehead atoms. The predicted octanol–water partition coefficient (Wildman–Crippen LogP) is 3.64. The van der Waals surface area contributed by atoms with Crippen LogP contribution in [-0.4, -0.2) is 16.5 Å². The minimum atomic E-state index is 0.730. The third kappa shape index (κ3) is 3.03. The van der Waals surface area contributed by atoms with Crippen molar-refractivity contribution in [2.75, 3.05) is 11.9 Å². The summed E-state index contributed by atoms with van der Waals surface area (Å²) in [4.78, 5) is 11.4. The summed E-state index contributed by atoms with van der Waals surface area (Å²) in [6, 6.07) is 6.27. The highest BCUT2D eigenvalue weighted by Crippen LogP contribution is 2.27. The van der Waals surface area contributed by atoms with E-state index in [0.717, 1.165) is 30.3 Å². The van der Waals surface area contributed by atoms with E-state index < -0.39 is 0 Å². The molecule has 0 radical (unpaired) electrons. The molecule has 0 saturated heterocycles. The Balaban J connectivity index is 2.31. The molecule has 3 nitrogen and oxygen atoms in total. The third-order valence-electron chi connectivity index (χ3n) is 2.38. The SMILES string of the molecule is CCCNc1nc(C)cc(-c2ccc(C)s2)n1. The van der Waals surface area contributed by atoms with Crippen molar-refractivity contribution in [2.24, 2.45) is 0 Å². The van der Waals surface area contributed by atoms with Crippen LogP contribution in [0.5, 0.6) is 0 Å². The summed E-state index contributed by atoms with van der Waals surface area (Å²) in [5.74, 6) is 0.730. The van der Waals surface area contributed by atoms with Gasteiger partial charge in [0.2, 0.25) is 5.95 Å². The number of nitrogens with zero attached hydrogens (tertiary/aromatic N) is 2. The molecule has 0 saturated carbocycles. The zero-order chi connectivity index (χ0) is 12.3. The molecule has 17 heavy (non-hydrogen) atoms. The van der Waals surface area contributed by atoms with Crippen molar-refractivity contribution < 1.29 is 0 Å². The van der Waals surface area contributed by atoms with Gasteiger partial charge in [0.15, 0.2) is 0 Å². The lowest BCUT2D eigenvalue weighted by molar-refractivity contribution is 0.947. The molecule has 0 unspecified atom stereocenters. The maximum absolute atomic E-state index is 4.54. The third-order valence-corrected chi connectivity index (χ3v) is 3.40. The van der Waals surface area contributed by atoms with Crippen molar-refractivity contribution in [3.8, 4) is 10.6 Å². The van der Waals surface area contributed by atoms with Crippen LogP contribution in [0.3, 0.4) is 0 Å². The highest BCUT2D eigenvalue weighted by atomic mass is 32.1. The van der Waals surface area contributed by atoms with Gasteiger partial charge in [-0.3, -0.25) is 0 Å². The Morgan fingerprint density at radius 2 is 2.06 bits per heavy atom. The second kappa shape index (κ2) is 5.27. The van der Waals surface area contributed by atoms with Crippen LogP contribution in [-0.2, 0) is 0 Å². The smallest absolute Gasteiger partial charge is 0.223 e. The molecular formula is C13H17N3S. The quantitative estimate of drug-likeness (QED) is 0.896. The van der Waals surface area contributed by atoms with Crippen molar-refractivity contribution in [3.63, 3.8) is 0 Å². The predicted molar refractivity (Wildman–Crippen MR) is 73.6 cm³/mol. The lowest BCUT2D eigenvalue weighted by atomic mass is 10.3. The first-order valence-electron chi connectivity index (χ1n) is 5.85. The number of thiophene rings is 1. The monoisotopic (exact) mass is 247 g/mol. The Morgan fingerprint density at radius 3 is 2.71 bits per heavy atom. The Bertz CT molecular complexity index is 505.